The van der Waals surface area contributed by atoms with E-state index in [1.807, 2.05) is 24.3 Å². The van der Waals surface area contributed by atoms with Gasteiger partial charge in [-0.15, -0.1) is 0 Å². The summed E-state index contributed by atoms with van der Waals surface area (Å²) in [7, 11) is 1.64. The minimum Gasteiger partial charge on any atom is -0.497 e. The standard InChI is InChI=1S/C11H14O3/c1-13-10-4-2-9(3-5-10)11(8-12)6-7-14-11/h2-5,12H,6-8H2,1H3. The number of ether oxygens (including phenoxy) is 2. The molecule has 76 valence electrons. The van der Waals surface area contributed by atoms with E-state index < -0.39 is 5.60 Å². The van der Waals surface area contributed by atoms with Crippen LogP contribution in [0.5, 0.6) is 5.75 Å². The molecular formula is C11H14O3. The summed E-state index contributed by atoms with van der Waals surface area (Å²) in [6, 6.07) is 7.64. The van der Waals surface area contributed by atoms with Crippen molar-refractivity contribution in [2.24, 2.45) is 0 Å². The van der Waals surface area contributed by atoms with Crippen LogP contribution in [0.15, 0.2) is 24.3 Å². The van der Waals surface area contributed by atoms with Gasteiger partial charge in [-0.05, 0) is 17.7 Å². The Kier molecular flexibility index (Phi) is 2.44. The van der Waals surface area contributed by atoms with Crippen LogP contribution < -0.4 is 4.74 Å². The van der Waals surface area contributed by atoms with Crippen LogP contribution in [0.2, 0.25) is 0 Å². The molecule has 14 heavy (non-hydrogen) atoms. The Labute approximate surface area is 83.3 Å². The van der Waals surface area contributed by atoms with Gasteiger partial charge in [0.25, 0.3) is 0 Å². The molecule has 1 aromatic rings. The van der Waals surface area contributed by atoms with Crippen LogP contribution in [-0.4, -0.2) is 25.4 Å². The summed E-state index contributed by atoms with van der Waals surface area (Å²) in [5, 5.41) is 9.26. The summed E-state index contributed by atoms with van der Waals surface area (Å²) in [5.41, 5.74) is 0.568. The molecule has 1 heterocycles. The van der Waals surface area contributed by atoms with Gasteiger partial charge in [0, 0.05) is 6.42 Å². The number of rotatable bonds is 3. The third-order valence-electron chi connectivity index (χ3n) is 2.76. The van der Waals surface area contributed by atoms with Crippen LogP contribution in [0.1, 0.15) is 12.0 Å². The molecule has 3 heteroatoms. The van der Waals surface area contributed by atoms with E-state index in [0.717, 1.165) is 24.3 Å². The van der Waals surface area contributed by atoms with E-state index >= 15 is 0 Å². The zero-order chi connectivity index (χ0) is 10.0. The van der Waals surface area contributed by atoms with Gasteiger partial charge >= 0.3 is 0 Å². The SMILES string of the molecule is COc1ccc(C2(CO)CCO2)cc1. The van der Waals surface area contributed by atoms with Gasteiger partial charge in [0.2, 0.25) is 0 Å². The molecule has 0 aromatic heterocycles. The zero-order valence-corrected chi connectivity index (χ0v) is 8.19. The van der Waals surface area contributed by atoms with Crippen LogP contribution in [0, 0.1) is 0 Å². The highest BCUT2D eigenvalue weighted by Crippen LogP contribution is 2.37. The van der Waals surface area contributed by atoms with Gasteiger partial charge in [0.05, 0.1) is 20.3 Å². The second kappa shape index (κ2) is 3.59. The van der Waals surface area contributed by atoms with Gasteiger partial charge in [0.15, 0.2) is 0 Å². The summed E-state index contributed by atoms with van der Waals surface area (Å²) in [4.78, 5) is 0. The highest BCUT2D eigenvalue weighted by Gasteiger charge is 2.39. The normalized spacial score (nSPS) is 25.6. The van der Waals surface area contributed by atoms with Crippen molar-refractivity contribution in [2.75, 3.05) is 20.3 Å². The van der Waals surface area contributed by atoms with Crippen LogP contribution in [0.4, 0.5) is 0 Å². The average Bonchev–Trinajstić information content (AvgIpc) is 2.18. The summed E-state index contributed by atoms with van der Waals surface area (Å²) in [5.74, 6) is 0.821. The first-order valence-electron chi connectivity index (χ1n) is 4.70. The second-order valence-electron chi connectivity index (χ2n) is 3.48. The van der Waals surface area contributed by atoms with E-state index in [-0.39, 0.29) is 6.61 Å². The van der Waals surface area contributed by atoms with Gasteiger partial charge < -0.3 is 14.6 Å². The van der Waals surface area contributed by atoms with E-state index in [2.05, 4.69) is 0 Å². The Morgan fingerprint density at radius 3 is 2.43 bits per heavy atom. The van der Waals surface area contributed by atoms with Crippen molar-refractivity contribution in [1.29, 1.82) is 0 Å². The average molecular weight is 194 g/mol. The molecule has 0 aliphatic carbocycles. The largest absolute Gasteiger partial charge is 0.497 e. The summed E-state index contributed by atoms with van der Waals surface area (Å²) < 4.78 is 10.5. The summed E-state index contributed by atoms with van der Waals surface area (Å²) >= 11 is 0. The molecule has 1 unspecified atom stereocenters. The molecule has 1 aliphatic heterocycles. The van der Waals surface area contributed by atoms with Crippen molar-refractivity contribution in [3.05, 3.63) is 29.8 Å². The number of aliphatic hydroxyl groups is 1. The molecule has 0 spiro atoms. The lowest BCUT2D eigenvalue weighted by molar-refractivity contribution is -0.177. The minimum atomic E-state index is -0.452. The fourth-order valence-electron chi connectivity index (χ4n) is 1.69. The van der Waals surface area contributed by atoms with Crippen molar-refractivity contribution in [1.82, 2.24) is 0 Å². The fourth-order valence-corrected chi connectivity index (χ4v) is 1.69. The molecule has 1 N–H and O–H groups in total. The molecule has 0 amide bonds. The van der Waals surface area contributed by atoms with Crippen molar-refractivity contribution in [3.8, 4) is 5.75 Å². The third kappa shape index (κ3) is 1.38. The lowest BCUT2D eigenvalue weighted by Crippen LogP contribution is -2.44. The van der Waals surface area contributed by atoms with Gasteiger partial charge in [0.1, 0.15) is 11.4 Å². The van der Waals surface area contributed by atoms with Gasteiger partial charge in [-0.2, -0.15) is 0 Å². The Morgan fingerprint density at radius 2 is 2.07 bits per heavy atom. The predicted octanol–water partition coefficient (Wildman–Crippen LogP) is 1.30. The summed E-state index contributed by atoms with van der Waals surface area (Å²) in [6.45, 7) is 0.770. The Morgan fingerprint density at radius 1 is 1.43 bits per heavy atom. The van der Waals surface area contributed by atoms with Crippen molar-refractivity contribution < 1.29 is 14.6 Å². The molecule has 0 bridgehead atoms. The van der Waals surface area contributed by atoms with Crippen molar-refractivity contribution in [3.63, 3.8) is 0 Å². The monoisotopic (exact) mass is 194 g/mol. The second-order valence-corrected chi connectivity index (χ2v) is 3.48. The molecule has 0 radical (unpaired) electrons. The molecule has 1 saturated heterocycles. The number of hydrogen-bond donors (Lipinski definition) is 1. The van der Waals surface area contributed by atoms with Crippen molar-refractivity contribution in [2.45, 2.75) is 12.0 Å². The maximum atomic E-state index is 9.26. The van der Waals surface area contributed by atoms with E-state index in [4.69, 9.17) is 9.47 Å². The Bertz CT molecular complexity index is 295. The van der Waals surface area contributed by atoms with Gasteiger partial charge in [-0.1, -0.05) is 12.1 Å². The van der Waals surface area contributed by atoms with Gasteiger partial charge in [-0.25, -0.2) is 0 Å². The first-order chi connectivity index (χ1) is 6.80. The Balaban J connectivity index is 2.23. The van der Waals surface area contributed by atoms with Crippen LogP contribution in [0.25, 0.3) is 0 Å². The summed E-state index contributed by atoms with van der Waals surface area (Å²) in [6.07, 6.45) is 0.885. The molecule has 3 nitrogen and oxygen atoms in total. The zero-order valence-electron chi connectivity index (χ0n) is 8.19. The smallest absolute Gasteiger partial charge is 0.118 e. The highest BCUT2D eigenvalue weighted by atomic mass is 16.5. The third-order valence-corrected chi connectivity index (χ3v) is 2.76. The molecular weight excluding hydrogens is 180 g/mol. The Hall–Kier alpha value is -1.06. The number of benzene rings is 1. The molecule has 0 saturated carbocycles. The minimum absolute atomic E-state index is 0.0410. The molecule has 2 rings (SSSR count). The fraction of sp³-hybridized carbons (Fsp3) is 0.455. The van der Waals surface area contributed by atoms with Crippen LogP contribution in [0.3, 0.4) is 0 Å². The first kappa shape index (κ1) is 9.49. The van der Waals surface area contributed by atoms with Crippen LogP contribution >= 0.6 is 0 Å². The lowest BCUT2D eigenvalue weighted by atomic mass is 9.87. The molecule has 1 aromatic carbocycles. The van der Waals surface area contributed by atoms with E-state index in [0.29, 0.717) is 0 Å². The maximum absolute atomic E-state index is 9.26. The van der Waals surface area contributed by atoms with E-state index in [1.165, 1.54) is 0 Å². The quantitative estimate of drug-likeness (QED) is 0.788. The molecule has 1 fully saturated rings. The number of methoxy groups -OCH3 is 1. The lowest BCUT2D eigenvalue weighted by Gasteiger charge is -2.40. The van der Waals surface area contributed by atoms with Crippen molar-refractivity contribution >= 4 is 0 Å². The number of aliphatic hydroxyl groups excluding tert-OH is 1. The van der Waals surface area contributed by atoms with Gasteiger partial charge in [-0.3, -0.25) is 0 Å². The molecule has 1 aliphatic rings. The highest BCUT2D eigenvalue weighted by molar-refractivity contribution is 5.32. The topological polar surface area (TPSA) is 38.7 Å². The van der Waals surface area contributed by atoms with E-state index in [1.54, 1.807) is 7.11 Å². The number of hydrogen-bond acceptors (Lipinski definition) is 3. The first-order valence-corrected chi connectivity index (χ1v) is 4.70. The molecule has 1 atom stereocenters. The predicted molar refractivity (Wildman–Crippen MR) is 52.3 cm³/mol. The van der Waals surface area contributed by atoms with Crippen LogP contribution in [-0.2, 0) is 10.3 Å². The van der Waals surface area contributed by atoms with E-state index in [9.17, 15) is 5.11 Å². The maximum Gasteiger partial charge on any atom is 0.118 e.